The molecule has 0 saturated carbocycles. The number of nitrogens with zero attached hydrogens (tertiary/aromatic N) is 2. The van der Waals surface area contributed by atoms with Gasteiger partial charge in [0, 0.05) is 24.2 Å². The van der Waals surface area contributed by atoms with E-state index in [4.69, 9.17) is 11.6 Å². The number of amides is 2. The van der Waals surface area contributed by atoms with Crippen molar-refractivity contribution in [2.45, 2.75) is 31.3 Å². The Labute approximate surface area is 215 Å². The summed E-state index contributed by atoms with van der Waals surface area (Å²) in [4.78, 5) is 27.2. The molecule has 1 N–H and O–H groups in total. The van der Waals surface area contributed by atoms with Gasteiger partial charge in [-0.2, -0.15) is 0 Å². The van der Waals surface area contributed by atoms with Crippen LogP contribution in [0, 0.1) is 12.7 Å². The number of aryl methyl sites for hydroxylation is 1. The number of hydrogen-bond donors (Lipinski definition) is 1. The molecule has 3 rings (SSSR count). The molecule has 190 valence electrons. The number of carbonyl (C=O) groups is 2. The fraction of sp³-hybridized carbons (Fsp3) is 0.231. The molecule has 0 radical (unpaired) electrons. The van der Waals surface area contributed by atoms with Crippen LogP contribution in [0.1, 0.15) is 18.1 Å². The highest BCUT2D eigenvalue weighted by Gasteiger charge is 2.32. The van der Waals surface area contributed by atoms with Crippen molar-refractivity contribution in [2.24, 2.45) is 0 Å². The zero-order valence-corrected chi connectivity index (χ0v) is 21.7. The maximum atomic E-state index is 14.4. The van der Waals surface area contributed by atoms with Crippen LogP contribution < -0.4 is 9.62 Å². The molecule has 7 nitrogen and oxygen atoms in total. The number of carbonyl (C=O) groups excluding carboxylic acids is 2. The molecular weight excluding hydrogens is 505 g/mol. The number of sulfonamides is 1. The lowest BCUT2D eigenvalue weighted by atomic mass is 10.1. The number of benzene rings is 3. The number of halogens is 2. The summed E-state index contributed by atoms with van der Waals surface area (Å²) in [7, 11) is -2.77. The van der Waals surface area contributed by atoms with E-state index in [0.717, 1.165) is 14.8 Å². The van der Waals surface area contributed by atoms with E-state index in [-0.39, 0.29) is 22.7 Å². The molecule has 1 atom stereocenters. The largest absolute Gasteiger partial charge is 0.357 e. The van der Waals surface area contributed by atoms with Gasteiger partial charge in [0.15, 0.2) is 0 Å². The Morgan fingerprint density at radius 2 is 1.69 bits per heavy atom. The Morgan fingerprint density at radius 3 is 2.31 bits per heavy atom. The van der Waals surface area contributed by atoms with Crippen molar-refractivity contribution in [3.05, 3.63) is 94.8 Å². The van der Waals surface area contributed by atoms with Crippen molar-refractivity contribution >= 4 is 39.1 Å². The maximum absolute atomic E-state index is 14.4. The Hall–Kier alpha value is -3.43. The highest BCUT2D eigenvalue weighted by molar-refractivity contribution is 7.92. The third-order valence-corrected chi connectivity index (χ3v) is 7.72. The van der Waals surface area contributed by atoms with Crippen molar-refractivity contribution in [1.82, 2.24) is 10.2 Å². The van der Waals surface area contributed by atoms with Crippen LogP contribution in [-0.2, 0) is 26.2 Å². The number of anilines is 1. The Balaban J connectivity index is 2.05. The Kier molecular flexibility index (Phi) is 8.70. The molecule has 0 aliphatic carbocycles. The highest BCUT2D eigenvalue weighted by Crippen LogP contribution is 2.26. The summed E-state index contributed by atoms with van der Waals surface area (Å²) in [5.41, 5.74) is 1.26. The smallest absolute Gasteiger partial charge is 0.264 e. The van der Waals surface area contributed by atoms with Gasteiger partial charge in [0.25, 0.3) is 10.0 Å². The van der Waals surface area contributed by atoms with E-state index < -0.39 is 40.2 Å². The van der Waals surface area contributed by atoms with Crippen LogP contribution in [0.2, 0.25) is 5.02 Å². The molecule has 0 fully saturated rings. The summed E-state index contributed by atoms with van der Waals surface area (Å²) >= 11 is 5.94. The van der Waals surface area contributed by atoms with Crippen LogP contribution >= 0.6 is 11.6 Å². The van der Waals surface area contributed by atoms with Crippen molar-refractivity contribution in [3.63, 3.8) is 0 Å². The van der Waals surface area contributed by atoms with Crippen LogP contribution in [0.3, 0.4) is 0 Å². The SMILES string of the molecule is CNC(=O)[C@@H](C)N(Cc1ccccc1F)C(=O)CN(c1cccc(C)c1)S(=O)(=O)c1ccc(Cl)cc1. The molecule has 0 spiro atoms. The van der Waals surface area contributed by atoms with Gasteiger partial charge in [-0.15, -0.1) is 0 Å². The molecule has 10 heteroatoms. The van der Waals surface area contributed by atoms with Crippen molar-refractivity contribution < 1.29 is 22.4 Å². The van der Waals surface area contributed by atoms with Crippen molar-refractivity contribution in [2.75, 3.05) is 17.9 Å². The molecule has 0 heterocycles. The second-order valence-electron chi connectivity index (χ2n) is 8.21. The lowest BCUT2D eigenvalue weighted by Gasteiger charge is -2.32. The fourth-order valence-electron chi connectivity index (χ4n) is 3.65. The van der Waals surface area contributed by atoms with Crippen molar-refractivity contribution in [1.29, 1.82) is 0 Å². The van der Waals surface area contributed by atoms with Crippen molar-refractivity contribution in [3.8, 4) is 0 Å². The molecule has 3 aromatic rings. The summed E-state index contributed by atoms with van der Waals surface area (Å²) in [5.74, 6) is -1.68. The van der Waals surface area contributed by atoms with E-state index in [0.29, 0.717) is 5.02 Å². The number of rotatable bonds is 9. The van der Waals surface area contributed by atoms with Crippen LogP contribution in [0.25, 0.3) is 0 Å². The molecule has 0 saturated heterocycles. The van der Waals surface area contributed by atoms with E-state index in [2.05, 4.69) is 5.32 Å². The monoisotopic (exact) mass is 531 g/mol. The molecule has 36 heavy (non-hydrogen) atoms. The average Bonchev–Trinajstić information content (AvgIpc) is 2.85. The summed E-state index contributed by atoms with van der Waals surface area (Å²) in [5, 5.41) is 2.85. The quantitative estimate of drug-likeness (QED) is 0.449. The summed E-state index contributed by atoms with van der Waals surface area (Å²) < 4.78 is 42.7. The number of hydrogen-bond acceptors (Lipinski definition) is 4. The van der Waals surface area contributed by atoms with E-state index in [1.807, 2.05) is 0 Å². The maximum Gasteiger partial charge on any atom is 0.264 e. The molecule has 0 aromatic heterocycles. The van der Waals surface area contributed by atoms with Crippen LogP contribution in [0.15, 0.2) is 77.7 Å². The van der Waals surface area contributed by atoms with Gasteiger partial charge in [-0.1, -0.05) is 41.9 Å². The summed E-state index contributed by atoms with van der Waals surface area (Å²) in [6, 6.07) is 17.2. The van der Waals surface area contributed by atoms with E-state index >= 15 is 0 Å². The third-order valence-electron chi connectivity index (χ3n) is 5.68. The van der Waals surface area contributed by atoms with Crippen LogP contribution in [0.5, 0.6) is 0 Å². The molecule has 0 aliphatic heterocycles. The zero-order chi connectivity index (χ0) is 26.5. The van der Waals surface area contributed by atoms with Gasteiger partial charge >= 0.3 is 0 Å². The molecule has 0 unspecified atom stereocenters. The van der Waals surface area contributed by atoms with E-state index in [1.54, 1.807) is 37.3 Å². The van der Waals surface area contributed by atoms with Gasteiger partial charge in [-0.05, 0) is 61.9 Å². The predicted octanol–water partition coefficient (Wildman–Crippen LogP) is 4.15. The van der Waals surface area contributed by atoms with Gasteiger partial charge < -0.3 is 10.2 Å². The minimum atomic E-state index is -4.20. The predicted molar refractivity (Wildman–Crippen MR) is 138 cm³/mol. The first-order valence-corrected chi connectivity index (χ1v) is 13.0. The number of likely N-dealkylation sites (N-methyl/N-ethyl adjacent to an activating group) is 1. The molecule has 0 aliphatic rings. The van der Waals surface area contributed by atoms with E-state index in [1.165, 1.54) is 56.4 Å². The minimum absolute atomic E-state index is 0.0544. The topological polar surface area (TPSA) is 86.8 Å². The normalized spacial score (nSPS) is 12.0. The van der Waals surface area contributed by atoms with Crippen LogP contribution in [-0.4, -0.2) is 44.8 Å². The zero-order valence-electron chi connectivity index (χ0n) is 20.1. The highest BCUT2D eigenvalue weighted by atomic mass is 35.5. The third kappa shape index (κ3) is 6.22. The first-order valence-electron chi connectivity index (χ1n) is 11.1. The molecular formula is C26H27ClFN3O4S. The molecule has 3 aromatic carbocycles. The lowest BCUT2D eigenvalue weighted by molar-refractivity contribution is -0.139. The Morgan fingerprint density at radius 1 is 1.03 bits per heavy atom. The van der Waals surface area contributed by atoms with E-state index in [9.17, 15) is 22.4 Å². The van der Waals surface area contributed by atoms with Gasteiger partial charge in [0.1, 0.15) is 18.4 Å². The summed E-state index contributed by atoms with van der Waals surface area (Å²) in [6.07, 6.45) is 0. The Bertz CT molecular complexity index is 1350. The first kappa shape index (κ1) is 27.2. The molecule has 0 bridgehead atoms. The van der Waals surface area contributed by atoms with Gasteiger partial charge in [0.05, 0.1) is 10.6 Å². The van der Waals surface area contributed by atoms with Crippen LogP contribution in [0.4, 0.5) is 10.1 Å². The first-order chi connectivity index (χ1) is 17.0. The standard InChI is InChI=1S/C26H27ClFN3O4S/c1-18-7-6-9-22(15-18)31(36(34,35)23-13-11-21(27)12-14-23)17-25(32)30(19(2)26(33)29-3)16-20-8-4-5-10-24(20)28/h4-15,19H,16-17H2,1-3H3,(H,29,33)/t19-/m1/s1. The fourth-order valence-corrected chi connectivity index (χ4v) is 5.18. The molecule has 2 amide bonds. The second-order valence-corrected chi connectivity index (χ2v) is 10.5. The van der Waals surface area contributed by atoms with Gasteiger partial charge in [-0.25, -0.2) is 12.8 Å². The number of nitrogens with one attached hydrogen (secondary N) is 1. The van der Waals surface area contributed by atoms with Gasteiger partial charge in [0.2, 0.25) is 11.8 Å². The minimum Gasteiger partial charge on any atom is -0.357 e. The average molecular weight is 532 g/mol. The van der Waals surface area contributed by atoms with Gasteiger partial charge in [-0.3, -0.25) is 13.9 Å². The second kappa shape index (κ2) is 11.5. The summed E-state index contributed by atoms with van der Waals surface area (Å²) in [6.45, 7) is 2.48. The lowest BCUT2D eigenvalue weighted by Crippen LogP contribution is -2.50.